The summed E-state index contributed by atoms with van der Waals surface area (Å²) >= 11 is 0. The molecule has 1 aromatic heterocycles. The van der Waals surface area contributed by atoms with Gasteiger partial charge in [0, 0.05) is 19.5 Å². The molecule has 0 radical (unpaired) electrons. The fourth-order valence-electron chi connectivity index (χ4n) is 5.53. The number of carbonyl (C=O) groups excluding carboxylic acids is 1. The van der Waals surface area contributed by atoms with E-state index in [2.05, 4.69) is 31.2 Å². The first-order valence-electron chi connectivity index (χ1n) is 13.3. The maximum Gasteiger partial charge on any atom is 0.410 e. The second-order valence-electron chi connectivity index (χ2n) is 11.0. The average molecular weight is 510 g/mol. The van der Waals surface area contributed by atoms with Gasteiger partial charge in [0.25, 0.3) is 5.56 Å². The molecule has 1 aliphatic rings. The molecule has 1 aliphatic carbocycles. The van der Waals surface area contributed by atoms with Crippen LogP contribution in [0.2, 0.25) is 0 Å². The van der Waals surface area contributed by atoms with Crippen molar-refractivity contribution in [1.29, 1.82) is 0 Å². The molecule has 1 atom stereocenters. The summed E-state index contributed by atoms with van der Waals surface area (Å²) in [4.78, 5) is 34.1. The lowest BCUT2D eigenvalue weighted by Crippen LogP contribution is -2.44. The molecule has 0 saturated carbocycles. The van der Waals surface area contributed by atoms with Gasteiger partial charge in [-0.1, -0.05) is 74.0 Å². The number of rotatable bonds is 6. The van der Waals surface area contributed by atoms with E-state index in [-0.39, 0.29) is 11.5 Å². The highest BCUT2D eigenvalue weighted by Gasteiger charge is 2.37. The van der Waals surface area contributed by atoms with Gasteiger partial charge in [0.15, 0.2) is 0 Å². The Kier molecular flexibility index (Phi) is 6.82. The molecule has 6 nitrogen and oxygen atoms in total. The van der Waals surface area contributed by atoms with Gasteiger partial charge in [0.2, 0.25) is 0 Å². The van der Waals surface area contributed by atoms with E-state index in [9.17, 15) is 9.59 Å². The monoisotopic (exact) mass is 509 g/mol. The van der Waals surface area contributed by atoms with Crippen LogP contribution in [0.15, 0.2) is 77.6 Å². The molecule has 196 valence electrons. The minimum Gasteiger partial charge on any atom is -0.444 e. The standard InChI is InChI=1S/C32H35N3O3/c1-6-13-28(29-30(36)34(5)27-19-12-11-18-26(27)33-29)35(31(37)38-32(2,3)4)20-25-23-16-9-7-14-21(23)22-15-8-10-17-24(22)25/h7-12,14-19,25,28H,6,13,20H2,1-5H3. The summed E-state index contributed by atoms with van der Waals surface area (Å²) in [6.07, 6.45) is 0.935. The second kappa shape index (κ2) is 10.1. The van der Waals surface area contributed by atoms with Crippen LogP contribution in [0.25, 0.3) is 22.2 Å². The molecule has 38 heavy (non-hydrogen) atoms. The number of hydrogen-bond donors (Lipinski definition) is 0. The quantitative estimate of drug-likeness (QED) is 0.286. The highest BCUT2D eigenvalue weighted by molar-refractivity contribution is 5.79. The maximum atomic E-state index is 13.9. The first-order chi connectivity index (χ1) is 18.2. The van der Waals surface area contributed by atoms with Gasteiger partial charge in [-0.15, -0.1) is 0 Å². The summed E-state index contributed by atoms with van der Waals surface area (Å²) in [5, 5.41) is 0. The van der Waals surface area contributed by atoms with Crippen LogP contribution in [0.4, 0.5) is 4.79 Å². The Bertz CT molecular complexity index is 1500. The van der Waals surface area contributed by atoms with E-state index in [1.165, 1.54) is 22.3 Å². The lowest BCUT2D eigenvalue weighted by Gasteiger charge is -2.35. The smallest absolute Gasteiger partial charge is 0.410 e. The van der Waals surface area contributed by atoms with Crippen molar-refractivity contribution in [1.82, 2.24) is 14.5 Å². The van der Waals surface area contributed by atoms with Crippen LogP contribution in [0.5, 0.6) is 0 Å². The zero-order chi connectivity index (χ0) is 27.0. The van der Waals surface area contributed by atoms with E-state index in [0.29, 0.717) is 18.7 Å². The zero-order valence-corrected chi connectivity index (χ0v) is 22.8. The van der Waals surface area contributed by atoms with Crippen LogP contribution in [-0.4, -0.2) is 32.7 Å². The fourth-order valence-corrected chi connectivity index (χ4v) is 5.53. The Morgan fingerprint density at radius 3 is 2.16 bits per heavy atom. The van der Waals surface area contributed by atoms with Crippen LogP contribution < -0.4 is 5.56 Å². The molecule has 0 fully saturated rings. The number of para-hydroxylation sites is 2. The van der Waals surface area contributed by atoms with Gasteiger partial charge in [-0.05, 0) is 61.6 Å². The minimum absolute atomic E-state index is 0.0430. The summed E-state index contributed by atoms with van der Waals surface area (Å²) in [5.74, 6) is -0.0430. The van der Waals surface area contributed by atoms with Crippen LogP contribution in [0.1, 0.15) is 69.3 Å². The number of fused-ring (bicyclic) bond motifs is 4. The van der Waals surface area contributed by atoms with E-state index in [1.54, 1.807) is 16.5 Å². The van der Waals surface area contributed by atoms with Crippen molar-refractivity contribution in [3.8, 4) is 11.1 Å². The summed E-state index contributed by atoms with van der Waals surface area (Å²) < 4.78 is 7.58. The number of carbonyl (C=O) groups is 1. The highest BCUT2D eigenvalue weighted by atomic mass is 16.6. The lowest BCUT2D eigenvalue weighted by atomic mass is 9.95. The van der Waals surface area contributed by atoms with Gasteiger partial charge in [0.1, 0.15) is 11.3 Å². The van der Waals surface area contributed by atoms with Gasteiger partial charge in [-0.3, -0.25) is 9.69 Å². The Labute approximate surface area is 223 Å². The summed E-state index contributed by atoms with van der Waals surface area (Å²) in [7, 11) is 1.76. The first-order valence-corrected chi connectivity index (χ1v) is 13.3. The Hall–Kier alpha value is -3.93. The number of hydrogen-bond acceptors (Lipinski definition) is 4. The second-order valence-corrected chi connectivity index (χ2v) is 11.0. The number of benzene rings is 3. The molecule has 1 unspecified atom stereocenters. The molecule has 3 aromatic carbocycles. The van der Waals surface area contributed by atoms with E-state index < -0.39 is 17.7 Å². The molecule has 0 spiro atoms. The fraction of sp³-hybridized carbons (Fsp3) is 0.344. The maximum absolute atomic E-state index is 13.9. The Morgan fingerprint density at radius 1 is 0.974 bits per heavy atom. The van der Waals surface area contributed by atoms with Gasteiger partial charge in [0.05, 0.1) is 17.1 Å². The van der Waals surface area contributed by atoms with Crippen molar-refractivity contribution in [3.05, 3.63) is 100.0 Å². The number of aryl methyl sites for hydroxylation is 1. The van der Waals surface area contributed by atoms with Crippen molar-refractivity contribution >= 4 is 17.1 Å². The third-order valence-corrected chi connectivity index (χ3v) is 7.23. The van der Waals surface area contributed by atoms with Crippen molar-refractivity contribution < 1.29 is 9.53 Å². The van der Waals surface area contributed by atoms with Gasteiger partial charge >= 0.3 is 6.09 Å². The van der Waals surface area contributed by atoms with E-state index in [1.807, 2.05) is 69.3 Å². The van der Waals surface area contributed by atoms with E-state index in [0.717, 1.165) is 17.5 Å². The van der Waals surface area contributed by atoms with Crippen LogP contribution in [-0.2, 0) is 11.8 Å². The van der Waals surface area contributed by atoms with Crippen molar-refractivity contribution in [2.75, 3.05) is 6.54 Å². The number of nitrogens with zero attached hydrogens (tertiary/aromatic N) is 3. The molecule has 6 heteroatoms. The van der Waals surface area contributed by atoms with Gasteiger partial charge in [-0.25, -0.2) is 9.78 Å². The molecule has 4 aromatic rings. The van der Waals surface area contributed by atoms with Crippen molar-refractivity contribution in [2.24, 2.45) is 7.05 Å². The van der Waals surface area contributed by atoms with Gasteiger partial charge in [-0.2, -0.15) is 0 Å². The van der Waals surface area contributed by atoms with Crippen LogP contribution >= 0.6 is 0 Å². The van der Waals surface area contributed by atoms with Crippen molar-refractivity contribution in [2.45, 2.75) is 58.1 Å². The minimum atomic E-state index is -0.681. The Balaban J connectivity index is 1.65. The highest BCUT2D eigenvalue weighted by Crippen LogP contribution is 2.45. The third kappa shape index (κ3) is 4.71. The molecule has 0 aliphatic heterocycles. The number of ether oxygens (including phenoxy) is 1. The molecule has 1 heterocycles. The third-order valence-electron chi connectivity index (χ3n) is 7.23. The molecular weight excluding hydrogens is 474 g/mol. The van der Waals surface area contributed by atoms with Crippen LogP contribution in [0, 0.1) is 0 Å². The Morgan fingerprint density at radius 2 is 1.55 bits per heavy atom. The number of aromatic nitrogens is 2. The molecule has 0 saturated heterocycles. The summed E-state index contributed by atoms with van der Waals surface area (Å²) in [6, 6.07) is 23.8. The van der Waals surface area contributed by atoms with Gasteiger partial charge < -0.3 is 9.30 Å². The molecule has 5 rings (SSSR count). The molecule has 0 N–H and O–H groups in total. The summed E-state index contributed by atoms with van der Waals surface area (Å²) in [5.41, 5.74) is 5.72. The predicted octanol–water partition coefficient (Wildman–Crippen LogP) is 6.82. The SMILES string of the molecule is CCCC(c1nc2ccccc2n(C)c1=O)N(CC1c2ccccc2-c2ccccc21)C(=O)OC(C)(C)C. The average Bonchev–Trinajstić information content (AvgIpc) is 3.21. The van der Waals surface area contributed by atoms with Crippen LogP contribution in [0.3, 0.4) is 0 Å². The normalized spacial score (nSPS) is 13.7. The lowest BCUT2D eigenvalue weighted by molar-refractivity contribution is 0.0134. The van der Waals surface area contributed by atoms with Crippen molar-refractivity contribution in [3.63, 3.8) is 0 Å². The first kappa shape index (κ1) is 25.7. The molecule has 0 bridgehead atoms. The van der Waals surface area contributed by atoms with E-state index >= 15 is 0 Å². The predicted molar refractivity (Wildman–Crippen MR) is 151 cm³/mol. The number of amides is 1. The summed E-state index contributed by atoms with van der Waals surface area (Å²) in [6.45, 7) is 8.04. The molecular formula is C32H35N3O3. The zero-order valence-electron chi connectivity index (χ0n) is 22.8. The van der Waals surface area contributed by atoms with E-state index in [4.69, 9.17) is 9.72 Å². The molecule has 1 amide bonds. The topological polar surface area (TPSA) is 64.4 Å². The largest absolute Gasteiger partial charge is 0.444 e.